The normalized spacial score (nSPS) is 9.27. The number of hydrogen-bond acceptors (Lipinski definition) is 3. The zero-order chi connectivity index (χ0) is 8.53. The van der Waals surface area contributed by atoms with Crippen LogP contribution in [0.2, 0.25) is 0 Å². The maximum Gasteiger partial charge on any atom is 0.406 e. The molecule has 11 heavy (non-hydrogen) atoms. The molecular formula is C6H12BrNO3. The van der Waals surface area contributed by atoms with Gasteiger partial charge in [-0.2, -0.15) is 0 Å². The third kappa shape index (κ3) is 7.61. The van der Waals surface area contributed by atoms with Crippen LogP contribution in [0.1, 0.15) is 0 Å². The van der Waals surface area contributed by atoms with E-state index in [1.807, 2.05) is 0 Å². The Hall–Kier alpha value is -0.290. The molecule has 0 aromatic carbocycles. The third-order valence-corrected chi connectivity index (χ3v) is 1.25. The molecule has 0 atom stereocenters. The molecule has 0 fully saturated rings. The third-order valence-electron chi connectivity index (χ3n) is 0.923. The lowest BCUT2D eigenvalue weighted by Gasteiger charge is -2.03. The molecule has 0 aliphatic carbocycles. The number of halogens is 1. The molecule has 0 aromatic rings. The van der Waals surface area contributed by atoms with Gasteiger partial charge in [-0.25, -0.2) is 4.79 Å². The molecular weight excluding hydrogens is 214 g/mol. The van der Waals surface area contributed by atoms with Crippen molar-refractivity contribution in [1.82, 2.24) is 5.32 Å². The van der Waals surface area contributed by atoms with Crippen molar-refractivity contribution in [2.45, 2.75) is 0 Å². The van der Waals surface area contributed by atoms with E-state index in [4.69, 9.17) is 4.74 Å². The largest absolute Gasteiger partial charge is 0.453 e. The van der Waals surface area contributed by atoms with Crippen LogP contribution in [-0.2, 0) is 9.47 Å². The molecule has 0 unspecified atom stereocenters. The molecule has 1 N–H and O–H groups in total. The summed E-state index contributed by atoms with van der Waals surface area (Å²) in [6, 6.07) is 0. The van der Waals surface area contributed by atoms with Crippen LogP contribution >= 0.6 is 15.9 Å². The molecule has 0 aliphatic rings. The first-order chi connectivity index (χ1) is 5.31. The number of rotatable bonds is 5. The molecule has 4 nitrogen and oxygen atoms in total. The average molecular weight is 226 g/mol. The quantitative estimate of drug-likeness (QED) is 0.556. The molecule has 66 valence electrons. The Balaban J connectivity index is 2.95. The summed E-state index contributed by atoms with van der Waals surface area (Å²) in [6.45, 7) is 1.66. The number of ether oxygens (including phenoxy) is 2. The number of carbonyl (C=O) groups excluding carboxylic acids is 1. The summed E-state index contributed by atoms with van der Waals surface area (Å²) < 4.78 is 9.40. The number of hydrogen-bond donors (Lipinski definition) is 1. The zero-order valence-electron chi connectivity index (χ0n) is 6.43. The maximum atomic E-state index is 10.4. The Morgan fingerprint density at radius 2 is 2.27 bits per heavy atom. The zero-order valence-corrected chi connectivity index (χ0v) is 8.02. The van der Waals surface area contributed by atoms with Crippen LogP contribution in [0.3, 0.4) is 0 Å². The molecule has 0 rings (SSSR count). The van der Waals surface area contributed by atoms with Crippen molar-refractivity contribution in [3.63, 3.8) is 0 Å². The first kappa shape index (κ1) is 10.7. The molecule has 0 heterocycles. The number of nitrogens with one attached hydrogen (secondary N) is 1. The van der Waals surface area contributed by atoms with Gasteiger partial charge in [0, 0.05) is 11.9 Å². The highest BCUT2D eigenvalue weighted by atomic mass is 79.9. The maximum absolute atomic E-state index is 10.4. The summed E-state index contributed by atoms with van der Waals surface area (Å²) >= 11 is 3.21. The fourth-order valence-corrected chi connectivity index (χ4v) is 0.683. The molecule has 0 bridgehead atoms. The molecule has 0 aliphatic heterocycles. The number of carbonyl (C=O) groups is 1. The average Bonchev–Trinajstić information content (AvgIpc) is 2.04. The minimum Gasteiger partial charge on any atom is -0.453 e. The monoisotopic (exact) mass is 225 g/mol. The van der Waals surface area contributed by atoms with Crippen molar-refractivity contribution >= 4 is 22.0 Å². The molecule has 1 amide bonds. The van der Waals surface area contributed by atoms with Crippen LogP contribution in [0.25, 0.3) is 0 Å². The molecule has 0 aromatic heterocycles. The SMILES string of the molecule is COC(=O)NCCOCCBr. The van der Waals surface area contributed by atoms with E-state index in [0.717, 1.165) is 5.33 Å². The first-order valence-corrected chi connectivity index (χ1v) is 4.39. The minimum absolute atomic E-state index is 0.424. The highest BCUT2D eigenvalue weighted by Gasteiger charge is 1.94. The molecule has 0 saturated heterocycles. The predicted molar refractivity (Wildman–Crippen MR) is 45.0 cm³/mol. The number of amides is 1. The molecule has 0 radical (unpaired) electrons. The fraction of sp³-hybridized carbons (Fsp3) is 0.833. The molecule has 5 heteroatoms. The van der Waals surface area contributed by atoms with Gasteiger partial charge in [-0.15, -0.1) is 0 Å². The van der Waals surface area contributed by atoms with Gasteiger partial charge >= 0.3 is 6.09 Å². The lowest BCUT2D eigenvalue weighted by molar-refractivity contribution is 0.141. The second-order valence-corrected chi connectivity index (χ2v) is 2.51. The number of alkyl halides is 1. The highest BCUT2D eigenvalue weighted by molar-refractivity contribution is 9.09. The van der Waals surface area contributed by atoms with Crippen molar-refractivity contribution in [2.75, 3.05) is 32.2 Å². The van der Waals surface area contributed by atoms with E-state index in [-0.39, 0.29) is 0 Å². The van der Waals surface area contributed by atoms with Crippen LogP contribution in [0, 0.1) is 0 Å². The van der Waals surface area contributed by atoms with Crippen molar-refractivity contribution in [3.05, 3.63) is 0 Å². The van der Waals surface area contributed by atoms with E-state index < -0.39 is 6.09 Å². The van der Waals surface area contributed by atoms with E-state index in [1.165, 1.54) is 7.11 Å². The van der Waals surface area contributed by atoms with Crippen LogP contribution in [-0.4, -0.2) is 38.3 Å². The van der Waals surface area contributed by atoms with Crippen molar-refractivity contribution in [1.29, 1.82) is 0 Å². The standard InChI is InChI=1S/C6H12BrNO3/c1-10-6(9)8-3-5-11-4-2-7/h2-5H2,1H3,(H,8,9). The van der Waals surface area contributed by atoms with Crippen molar-refractivity contribution in [3.8, 4) is 0 Å². The fourth-order valence-electron chi connectivity index (χ4n) is 0.454. The van der Waals surface area contributed by atoms with Gasteiger partial charge in [0.15, 0.2) is 0 Å². The lowest BCUT2D eigenvalue weighted by Crippen LogP contribution is -2.27. The van der Waals surface area contributed by atoms with Crippen LogP contribution in [0.4, 0.5) is 4.79 Å². The van der Waals surface area contributed by atoms with Gasteiger partial charge in [-0.05, 0) is 0 Å². The second kappa shape index (κ2) is 7.81. The molecule has 0 spiro atoms. The Kier molecular flexibility index (Phi) is 7.61. The van der Waals surface area contributed by atoms with Crippen molar-refractivity contribution in [2.24, 2.45) is 0 Å². The summed E-state index contributed by atoms with van der Waals surface area (Å²) in [5, 5.41) is 3.30. The lowest BCUT2D eigenvalue weighted by atomic mass is 10.7. The summed E-state index contributed by atoms with van der Waals surface area (Å²) in [5.41, 5.74) is 0. The predicted octanol–water partition coefficient (Wildman–Crippen LogP) is 0.754. The van der Waals surface area contributed by atoms with Gasteiger partial charge < -0.3 is 14.8 Å². The van der Waals surface area contributed by atoms with E-state index >= 15 is 0 Å². The van der Waals surface area contributed by atoms with Gasteiger partial charge in [-0.1, -0.05) is 15.9 Å². The summed E-state index contributed by atoms with van der Waals surface area (Å²) in [6.07, 6.45) is -0.424. The Bertz CT molecular complexity index is 110. The summed E-state index contributed by atoms with van der Waals surface area (Å²) in [4.78, 5) is 10.4. The smallest absolute Gasteiger partial charge is 0.406 e. The van der Waals surface area contributed by atoms with E-state index in [0.29, 0.717) is 19.8 Å². The number of alkyl carbamates (subject to hydrolysis) is 1. The number of methoxy groups -OCH3 is 1. The molecule has 0 saturated carbocycles. The van der Waals surface area contributed by atoms with E-state index in [9.17, 15) is 4.79 Å². The summed E-state index contributed by atoms with van der Waals surface area (Å²) in [5.74, 6) is 0. The Labute approximate surface area is 74.4 Å². The highest BCUT2D eigenvalue weighted by Crippen LogP contribution is 1.80. The van der Waals surface area contributed by atoms with Crippen LogP contribution < -0.4 is 5.32 Å². The summed E-state index contributed by atoms with van der Waals surface area (Å²) in [7, 11) is 1.33. The Morgan fingerprint density at radius 3 is 2.82 bits per heavy atom. The van der Waals surface area contributed by atoms with Gasteiger partial charge in [0.2, 0.25) is 0 Å². The van der Waals surface area contributed by atoms with E-state index in [2.05, 4.69) is 26.0 Å². The van der Waals surface area contributed by atoms with Crippen molar-refractivity contribution < 1.29 is 14.3 Å². The van der Waals surface area contributed by atoms with Gasteiger partial charge in [0.1, 0.15) is 0 Å². The van der Waals surface area contributed by atoms with Gasteiger partial charge in [0.05, 0.1) is 20.3 Å². The van der Waals surface area contributed by atoms with Crippen LogP contribution in [0.5, 0.6) is 0 Å². The van der Waals surface area contributed by atoms with E-state index in [1.54, 1.807) is 0 Å². The first-order valence-electron chi connectivity index (χ1n) is 3.26. The minimum atomic E-state index is -0.424. The van der Waals surface area contributed by atoms with Gasteiger partial charge in [0.25, 0.3) is 0 Å². The van der Waals surface area contributed by atoms with Crippen LogP contribution in [0.15, 0.2) is 0 Å². The second-order valence-electron chi connectivity index (χ2n) is 1.72. The van der Waals surface area contributed by atoms with Gasteiger partial charge in [-0.3, -0.25) is 0 Å². The Morgan fingerprint density at radius 1 is 1.55 bits per heavy atom. The topological polar surface area (TPSA) is 47.6 Å².